The fourth-order valence-corrected chi connectivity index (χ4v) is 1.29. The number of aliphatic hydroxyl groups is 2. The van der Waals surface area contributed by atoms with E-state index in [1.807, 2.05) is 0 Å². The molecular weight excluding hydrogens is 268 g/mol. The van der Waals surface area contributed by atoms with Gasteiger partial charge in [0, 0.05) is 6.08 Å². The Morgan fingerprint density at radius 1 is 1.35 bits per heavy atom. The van der Waals surface area contributed by atoms with Gasteiger partial charge in [-0.1, -0.05) is 6.07 Å². The van der Waals surface area contributed by atoms with Crippen LogP contribution in [-0.2, 0) is 9.59 Å². The van der Waals surface area contributed by atoms with Gasteiger partial charge in [-0.3, -0.25) is 0 Å². The van der Waals surface area contributed by atoms with Crippen LogP contribution in [0.5, 0.6) is 11.5 Å². The van der Waals surface area contributed by atoms with Crippen molar-refractivity contribution < 1.29 is 34.4 Å². The number of carbonyl (C=O) groups is 2. The summed E-state index contributed by atoms with van der Waals surface area (Å²) < 4.78 is 9.86. The van der Waals surface area contributed by atoms with Crippen molar-refractivity contribution in [2.45, 2.75) is 6.10 Å². The second-order valence-electron chi connectivity index (χ2n) is 3.70. The van der Waals surface area contributed by atoms with Gasteiger partial charge in [0.15, 0.2) is 17.6 Å². The molecular formula is C13H14O7. The van der Waals surface area contributed by atoms with E-state index in [1.54, 1.807) is 0 Å². The second-order valence-corrected chi connectivity index (χ2v) is 3.70. The third-order valence-corrected chi connectivity index (χ3v) is 2.26. The van der Waals surface area contributed by atoms with E-state index in [2.05, 4.69) is 0 Å². The molecule has 1 unspecified atom stereocenters. The van der Waals surface area contributed by atoms with E-state index >= 15 is 0 Å². The molecule has 108 valence electrons. The fourth-order valence-electron chi connectivity index (χ4n) is 1.29. The van der Waals surface area contributed by atoms with Gasteiger partial charge in [-0.15, -0.1) is 0 Å². The first kappa shape index (κ1) is 15.7. The molecule has 0 bridgehead atoms. The van der Waals surface area contributed by atoms with Crippen LogP contribution < -0.4 is 9.47 Å². The summed E-state index contributed by atoms with van der Waals surface area (Å²) in [6.07, 6.45) is 0.668. The zero-order valence-electron chi connectivity index (χ0n) is 10.6. The molecule has 0 fully saturated rings. The number of methoxy groups -OCH3 is 1. The summed E-state index contributed by atoms with van der Waals surface area (Å²) in [6, 6.07) is 4.37. The Hall–Kier alpha value is -2.38. The number of hydrogen-bond donors (Lipinski definition) is 3. The summed E-state index contributed by atoms with van der Waals surface area (Å²) in [4.78, 5) is 21.7. The van der Waals surface area contributed by atoms with Gasteiger partial charge < -0.3 is 24.8 Å². The van der Waals surface area contributed by atoms with Gasteiger partial charge in [0.2, 0.25) is 0 Å². The van der Waals surface area contributed by atoms with Gasteiger partial charge in [-0.2, -0.15) is 0 Å². The van der Waals surface area contributed by atoms with Crippen LogP contribution in [0.3, 0.4) is 0 Å². The number of ether oxygens (including phenoxy) is 2. The number of carbonyl (C=O) groups excluding carboxylic acids is 1. The fraction of sp³-hybridized carbons (Fsp3) is 0.231. The predicted octanol–water partition coefficient (Wildman–Crippen LogP) is 0.0516. The summed E-state index contributed by atoms with van der Waals surface area (Å²) in [7, 11) is 1.35. The van der Waals surface area contributed by atoms with Gasteiger partial charge in [0.05, 0.1) is 13.7 Å². The van der Waals surface area contributed by atoms with Crippen LogP contribution in [0, 0.1) is 0 Å². The van der Waals surface area contributed by atoms with Gasteiger partial charge in [-0.25, -0.2) is 9.59 Å². The first-order valence-corrected chi connectivity index (χ1v) is 5.57. The lowest BCUT2D eigenvalue weighted by atomic mass is 10.2. The Balaban J connectivity index is 2.93. The van der Waals surface area contributed by atoms with E-state index in [1.165, 1.54) is 31.4 Å². The average molecular weight is 282 g/mol. The lowest BCUT2D eigenvalue weighted by Crippen LogP contribution is -2.28. The Bertz CT molecular complexity index is 521. The van der Waals surface area contributed by atoms with Crippen molar-refractivity contribution in [3.8, 4) is 11.5 Å². The molecule has 0 aliphatic carbocycles. The lowest BCUT2D eigenvalue weighted by molar-refractivity contribution is -0.145. The standard InChI is InChI=1S/C13H14O7/c1-19-11-6-8(3-5-12(16)17)2-4-10(11)20-13(18)9(15)7-14/h2-6,9,14-15H,7H2,1H3,(H,16,17)/b5-3+. The normalized spacial score (nSPS) is 12.2. The van der Waals surface area contributed by atoms with Crippen LogP contribution in [0.4, 0.5) is 0 Å². The Morgan fingerprint density at radius 3 is 2.60 bits per heavy atom. The summed E-state index contributed by atoms with van der Waals surface area (Å²) >= 11 is 0. The Labute approximate surface area is 114 Å². The summed E-state index contributed by atoms with van der Waals surface area (Å²) in [6.45, 7) is -0.749. The molecule has 0 amide bonds. The molecule has 1 rings (SSSR count). The van der Waals surface area contributed by atoms with E-state index in [-0.39, 0.29) is 11.5 Å². The average Bonchev–Trinajstić information content (AvgIpc) is 2.44. The maximum absolute atomic E-state index is 11.3. The molecule has 0 aliphatic rings. The summed E-state index contributed by atoms with van der Waals surface area (Å²) in [5.41, 5.74) is 0.534. The molecule has 1 atom stereocenters. The van der Waals surface area contributed by atoms with E-state index in [0.717, 1.165) is 6.08 Å². The minimum absolute atomic E-state index is 0.0532. The van der Waals surface area contributed by atoms with Crippen LogP contribution >= 0.6 is 0 Å². The van der Waals surface area contributed by atoms with E-state index < -0.39 is 24.6 Å². The molecule has 7 nitrogen and oxygen atoms in total. The van der Waals surface area contributed by atoms with E-state index in [9.17, 15) is 9.59 Å². The maximum atomic E-state index is 11.3. The minimum Gasteiger partial charge on any atom is -0.493 e. The number of carboxylic acids is 1. The Kier molecular flexibility index (Phi) is 5.70. The Morgan fingerprint density at radius 2 is 2.05 bits per heavy atom. The number of aliphatic hydroxyl groups excluding tert-OH is 2. The van der Waals surface area contributed by atoms with Gasteiger partial charge in [-0.05, 0) is 23.8 Å². The molecule has 3 N–H and O–H groups in total. The predicted molar refractivity (Wildman–Crippen MR) is 68.4 cm³/mol. The highest BCUT2D eigenvalue weighted by molar-refractivity contribution is 5.85. The zero-order chi connectivity index (χ0) is 15.1. The summed E-state index contributed by atoms with van der Waals surface area (Å²) in [5, 5.41) is 26.3. The van der Waals surface area contributed by atoms with Crippen molar-refractivity contribution >= 4 is 18.0 Å². The van der Waals surface area contributed by atoms with Crippen LogP contribution in [-0.4, -0.2) is 47.1 Å². The molecule has 0 saturated carbocycles. The quantitative estimate of drug-likeness (QED) is 0.384. The molecule has 0 heterocycles. The van der Waals surface area contributed by atoms with Crippen molar-refractivity contribution in [2.75, 3.05) is 13.7 Å². The molecule has 7 heteroatoms. The maximum Gasteiger partial charge on any atom is 0.342 e. The zero-order valence-corrected chi connectivity index (χ0v) is 10.6. The van der Waals surface area contributed by atoms with Crippen LogP contribution in [0.25, 0.3) is 6.08 Å². The monoisotopic (exact) mass is 282 g/mol. The topological polar surface area (TPSA) is 113 Å². The molecule has 1 aromatic rings. The SMILES string of the molecule is COc1cc(/C=C/C(=O)O)ccc1OC(=O)C(O)CO. The number of rotatable bonds is 6. The largest absolute Gasteiger partial charge is 0.493 e. The smallest absolute Gasteiger partial charge is 0.342 e. The molecule has 0 radical (unpaired) electrons. The summed E-state index contributed by atoms with van der Waals surface area (Å²) in [5.74, 6) is -1.86. The van der Waals surface area contributed by atoms with E-state index in [4.69, 9.17) is 24.8 Å². The van der Waals surface area contributed by atoms with Crippen molar-refractivity contribution in [1.29, 1.82) is 0 Å². The van der Waals surface area contributed by atoms with Gasteiger partial charge in [0.25, 0.3) is 0 Å². The number of carboxylic acid groups (broad SMARTS) is 1. The van der Waals surface area contributed by atoms with E-state index in [0.29, 0.717) is 5.56 Å². The first-order chi connectivity index (χ1) is 9.47. The third kappa shape index (κ3) is 4.38. The van der Waals surface area contributed by atoms with Crippen LogP contribution in [0.15, 0.2) is 24.3 Å². The minimum atomic E-state index is -1.63. The molecule has 0 aromatic heterocycles. The van der Waals surface area contributed by atoms with Crippen molar-refractivity contribution in [1.82, 2.24) is 0 Å². The second kappa shape index (κ2) is 7.27. The highest BCUT2D eigenvalue weighted by atomic mass is 16.6. The van der Waals surface area contributed by atoms with Crippen molar-refractivity contribution in [3.05, 3.63) is 29.8 Å². The lowest BCUT2D eigenvalue weighted by Gasteiger charge is -2.11. The number of aliphatic carboxylic acids is 1. The van der Waals surface area contributed by atoms with Crippen LogP contribution in [0.2, 0.25) is 0 Å². The molecule has 0 spiro atoms. The van der Waals surface area contributed by atoms with Gasteiger partial charge in [0.1, 0.15) is 0 Å². The van der Waals surface area contributed by atoms with Crippen molar-refractivity contribution in [3.63, 3.8) is 0 Å². The molecule has 0 saturated heterocycles. The number of esters is 1. The number of hydrogen-bond acceptors (Lipinski definition) is 6. The van der Waals surface area contributed by atoms with Gasteiger partial charge >= 0.3 is 11.9 Å². The number of benzene rings is 1. The van der Waals surface area contributed by atoms with Crippen LogP contribution in [0.1, 0.15) is 5.56 Å². The molecule has 1 aromatic carbocycles. The third-order valence-electron chi connectivity index (χ3n) is 2.26. The molecule has 20 heavy (non-hydrogen) atoms. The highest BCUT2D eigenvalue weighted by Gasteiger charge is 2.18. The first-order valence-electron chi connectivity index (χ1n) is 5.57. The molecule has 0 aliphatic heterocycles. The van der Waals surface area contributed by atoms with Crippen molar-refractivity contribution in [2.24, 2.45) is 0 Å². The highest BCUT2D eigenvalue weighted by Crippen LogP contribution is 2.28.